The second-order valence-electron chi connectivity index (χ2n) is 8.60. The van der Waals surface area contributed by atoms with Gasteiger partial charge in [-0.2, -0.15) is 0 Å². The van der Waals surface area contributed by atoms with Crippen molar-refractivity contribution in [2.45, 2.75) is 19.9 Å². The van der Waals surface area contributed by atoms with Crippen molar-refractivity contribution >= 4 is 16.9 Å². The zero-order valence-corrected chi connectivity index (χ0v) is 18.6. The van der Waals surface area contributed by atoms with Crippen LogP contribution in [0.5, 0.6) is 0 Å². The van der Waals surface area contributed by atoms with Crippen molar-refractivity contribution < 1.29 is 9.21 Å². The minimum atomic E-state index is -0.00931. The predicted molar refractivity (Wildman–Crippen MR) is 128 cm³/mol. The SMILES string of the molecule is Cc1ccc(C(c2ccccc2)N2CCN(C(=O)c3oc4ccccc4c3C)CC2)cc1. The lowest BCUT2D eigenvalue weighted by Gasteiger charge is -2.39. The Kier molecular flexibility index (Phi) is 5.54. The van der Waals surface area contributed by atoms with E-state index in [2.05, 4.69) is 66.4 Å². The highest BCUT2D eigenvalue weighted by molar-refractivity contribution is 5.99. The Hall–Kier alpha value is -3.37. The molecule has 0 aliphatic carbocycles. The highest BCUT2D eigenvalue weighted by Crippen LogP contribution is 2.31. The summed E-state index contributed by atoms with van der Waals surface area (Å²) in [5, 5.41) is 1.01. The van der Waals surface area contributed by atoms with E-state index in [0.717, 1.165) is 29.6 Å². The maximum atomic E-state index is 13.3. The van der Waals surface area contributed by atoms with E-state index in [1.807, 2.05) is 36.1 Å². The monoisotopic (exact) mass is 424 g/mol. The molecule has 4 nitrogen and oxygen atoms in total. The maximum Gasteiger partial charge on any atom is 0.289 e. The van der Waals surface area contributed by atoms with Crippen molar-refractivity contribution in [3.8, 4) is 0 Å². The van der Waals surface area contributed by atoms with Crippen molar-refractivity contribution in [3.63, 3.8) is 0 Å². The second-order valence-corrected chi connectivity index (χ2v) is 8.60. The first kappa shape index (κ1) is 20.5. The number of furan rings is 1. The standard InChI is InChI=1S/C28H28N2O2/c1-20-12-14-23(15-13-20)26(22-8-4-3-5-9-22)29-16-18-30(19-17-29)28(31)27-21(2)24-10-6-7-11-25(24)32-27/h3-15,26H,16-19H2,1-2H3. The van der Waals surface area contributed by atoms with Crippen LogP contribution in [0.25, 0.3) is 11.0 Å². The van der Waals surface area contributed by atoms with Crippen LogP contribution in [0.1, 0.15) is 38.9 Å². The summed E-state index contributed by atoms with van der Waals surface area (Å²) < 4.78 is 5.93. The number of hydrogen-bond acceptors (Lipinski definition) is 3. The molecule has 4 heteroatoms. The number of benzene rings is 3. The van der Waals surface area contributed by atoms with Gasteiger partial charge in [-0.25, -0.2) is 0 Å². The topological polar surface area (TPSA) is 36.7 Å². The average Bonchev–Trinajstić information content (AvgIpc) is 3.18. The van der Waals surface area contributed by atoms with Crippen LogP contribution in [-0.2, 0) is 0 Å². The van der Waals surface area contributed by atoms with Gasteiger partial charge in [0.15, 0.2) is 5.76 Å². The van der Waals surface area contributed by atoms with E-state index < -0.39 is 0 Å². The number of rotatable bonds is 4. The van der Waals surface area contributed by atoms with Crippen LogP contribution < -0.4 is 0 Å². The number of aryl methyl sites for hydroxylation is 2. The van der Waals surface area contributed by atoms with Gasteiger partial charge in [0.1, 0.15) is 5.58 Å². The van der Waals surface area contributed by atoms with Gasteiger partial charge in [0.2, 0.25) is 0 Å². The van der Waals surface area contributed by atoms with Gasteiger partial charge in [-0.15, -0.1) is 0 Å². The molecule has 1 aromatic heterocycles. The zero-order valence-electron chi connectivity index (χ0n) is 18.6. The molecule has 0 radical (unpaired) electrons. The van der Waals surface area contributed by atoms with E-state index in [0.29, 0.717) is 18.8 Å². The van der Waals surface area contributed by atoms with Crippen molar-refractivity contribution in [3.05, 3.63) is 107 Å². The van der Waals surface area contributed by atoms with Crippen molar-refractivity contribution in [2.24, 2.45) is 0 Å². The number of fused-ring (bicyclic) bond motifs is 1. The Balaban J connectivity index is 1.36. The van der Waals surface area contributed by atoms with Gasteiger partial charge in [-0.1, -0.05) is 78.4 Å². The fourth-order valence-electron chi connectivity index (χ4n) is 4.70. The molecule has 0 bridgehead atoms. The fraction of sp³-hybridized carbons (Fsp3) is 0.250. The van der Waals surface area contributed by atoms with Crippen LogP contribution in [0.4, 0.5) is 0 Å². The summed E-state index contributed by atoms with van der Waals surface area (Å²) in [5.74, 6) is 0.461. The summed E-state index contributed by atoms with van der Waals surface area (Å²) >= 11 is 0. The van der Waals surface area contributed by atoms with Crippen LogP contribution in [0, 0.1) is 13.8 Å². The van der Waals surface area contributed by atoms with E-state index in [1.165, 1.54) is 16.7 Å². The molecule has 0 N–H and O–H groups in total. The number of carbonyl (C=O) groups excluding carboxylic acids is 1. The third-order valence-corrected chi connectivity index (χ3v) is 6.51. The van der Waals surface area contributed by atoms with E-state index >= 15 is 0 Å². The quantitative estimate of drug-likeness (QED) is 0.428. The van der Waals surface area contributed by atoms with Crippen LogP contribution in [0.15, 0.2) is 83.3 Å². The highest BCUT2D eigenvalue weighted by Gasteiger charge is 2.30. The Morgan fingerprint density at radius 3 is 2.09 bits per heavy atom. The highest BCUT2D eigenvalue weighted by atomic mass is 16.3. The van der Waals surface area contributed by atoms with Gasteiger partial charge >= 0.3 is 0 Å². The molecule has 3 aromatic carbocycles. The molecule has 1 aliphatic heterocycles. The number of hydrogen-bond donors (Lipinski definition) is 0. The smallest absolute Gasteiger partial charge is 0.289 e. The van der Waals surface area contributed by atoms with Crippen LogP contribution in [0.2, 0.25) is 0 Å². The molecule has 1 unspecified atom stereocenters. The van der Waals surface area contributed by atoms with E-state index in [4.69, 9.17) is 4.42 Å². The van der Waals surface area contributed by atoms with Crippen molar-refractivity contribution in [1.29, 1.82) is 0 Å². The number of nitrogens with zero attached hydrogens (tertiary/aromatic N) is 2. The van der Waals surface area contributed by atoms with Crippen molar-refractivity contribution in [1.82, 2.24) is 9.80 Å². The fourth-order valence-corrected chi connectivity index (χ4v) is 4.70. The number of amides is 1. The second kappa shape index (κ2) is 8.64. The largest absolute Gasteiger partial charge is 0.451 e. The predicted octanol–water partition coefficient (Wildman–Crippen LogP) is 5.60. The number of piperazine rings is 1. The molecule has 1 aliphatic rings. The Morgan fingerprint density at radius 2 is 1.41 bits per heavy atom. The molecule has 1 fully saturated rings. The summed E-state index contributed by atoms with van der Waals surface area (Å²) in [5.41, 5.74) is 5.53. The normalized spacial score (nSPS) is 15.8. The summed E-state index contributed by atoms with van der Waals surface area (Å²) in [4.78, 5) is 17.7. The lowest BCUT2D eigenvalue weighted by molar-refractivity contribution is 0.0569. The van der Waals surface area contributed by atoms with Crippen molar-refractivity contribution in [2.75, 3.05) is 26.2 Å². The molecule has 0 saturated carbocycles. The Labute approximate surface area is 189 Å². The van der Waals surface area contributed by atoms with Gasteiger partial charge in [0, 0.05) is 37.1 Å². The molecule has 32 heavy (non-hydrogen) atoms. The minimum absolute atomic E-state index is 0.00931. The molecule has 4 aromatic rings. The zero-order chi connectivity index (χ0) is 22.1. The van der Waals surface area contributed by atoms with Crippen LogP contribution in [0.3, 0.4) is 0 Å². The summed E-state index contributed by atoms with van der Waals surface area (Å²) in [7, 11) is 0. The number of para-hydroxylation sites is 1. The molecule has 162 valence electrons. The van der Waals surface area contributed by atoms with Gasteiger partial charge in [0.05, 0.1) is 6.04 Å². The molecule has 0 spiro atoms. The molecule has 2 heterocycles. The van der Waals surface area contributed by atoms with Gasteiger partial charge in [-0.3, -0.25) is 9.69 Å². The summed E-state index contributed by atoms with van der Waals surface area (Å²) in [6.45, 7) is 7.09. The lowest BCUT2D eigenvalue weighted by atomic mass is 9.95. The van der Waals surface area contributed by atoms with E-state index in [9.17, 15) is 4.79 Å². The molecule has 1 amide bonds. The first-order valence-corrected chi connectivity index (χ1v) is 11.2. The molecular weight excluding hydrogens is 396 g/mol. The van der Waals surface area contributed by atoms with Gasteiger partial charge in [-0.05, 0) is 31.0 Å². The molecule has 1 saturated heterocycles. The average molecular weight is 425 g/mol. The maximum absolute atomic E-state index is 13.3. The lowest BCUT2D eigenvalue weighted by Crippen LogP contribution is -2.49. The Morgan fingerprint density at radius 1 is 0.781 bits per heavy atom. The number of carbonyl (C=O) groups is 1. The van der Waals surface area contributed by atoms with Gasteiger partial charge < -0.3 is 9.32 Å². The molecular formula is C28H28N2O2. The first-order valence-electron chi connectivity index (χ1n) is 11.2. The summed E-state index contributed by atoms with van der Waals surface area (Å²) in [6, 6.07) is 27.5. The van der Waals surface area contributed by atoms with E-state index in [1.54, 1.807) is 0 Å². The first-order chi connectivity index (χ1) is 15.6. The minimum Gasteiger partial charge on any atom is -0.451 e. The molecule has 1 atom stereocenters. The van der Waals surface area contributed by atoms with Gasteiger partial charge in [0.25, 0.3) is 5.91 Å². The van der Waals surface area contributed by atoms with E-state index in [-0.39, 0.29) is 11.9 Å². The van der Waals surface area contributed by atoms with Crippen LogP contribution >= 0.6 is 0 Å². The Bertz CT molecular complexity index is 1220. The van der Waals surface area contributed by atoms with Crippen LogP contribution in [-0.4, -0.2) is 41.9 Å². The third kappa shape index (κ3) is 3.82. The third-order valence-electron chi connectivity index (χ3n) is 6.51. The molecule has 5 rings (SSSR count). The summed E-state index contributed by atoms with van der Waals surface area (Å²) in [6.07, 6.45) is 0.